The molecule has 2 aromatic carbocycles. The number of nitrogens with zero attached hydrogens (tertiary/aromatic N) is 1. The lowest BCUT2D eigenvalue weighted by Gasteiger charge is -2.22. The number of rotatable bonds is 6. The fraction of sp³-hybridized carbons (Fsp3) is 0.304. The van der Waals surface area contributed by atoms with Crippen molar-refractivity contribution in [2.24, 2.45) is 0 Å². The first-order chi connectivity index (χ1) is 15.0. The van der Waals surface area contributed by atoms with Crippen molar-refractivity contribution in [3.63, 3.8) is 0 Å². The minimum atomic E-state index is -1.62. The molecular formula is C23H25FN4O4. The van der Waals surface area contributed by atoms with E-state index in [1.165, 1.54) is 25.1 Å². The molecule has 0 radical (unpaired) electrons. The van der Waals surface area contributed by atoms with Gasteiger partial charge in [0.15, 0.2) is 0 Å². The number of benzene rings is 2. The van der Waals surface area contributed by atoms with Crippen LogP contribution in [0.1, 0.15) is 29.2 Å². The normalized spacial score (nSPS) is 17.8. The van der Waals surface area contributed by atoms with E-state index in [4.69, 9.17) is 0 Å². The fourth-order valence-corrected chi connectivity index (χ4v) is 3.83. The third-order valence-electron chi connectivity index (χ3n) is 5.38. The molecule has 1 saturated heterocycles. The number of carbonyl (C=O) groups excluding carboxylic acids is 4. The highest BCUT2D eigenvalue weighted by atomic mass is 19.1. The molecule has 1 fully saturated rings. The van der Waals surface area contributed by atoms with Gasteiger partial charge < -0.3 is 16.0 Å². The summed E-state index contributed by atoms with van der Waals surface area (Å²) < 4.78 is 14.2. The van der Waals surface area contributed by atoms with Crippen LogP contribution >= 0.6 is 0 Å². The van der Waals surface area contributed by atoms with Crippen LogP contribution < -0.4 is 16.0 Å². The second kappa shape index (κ2) is 8.78. The number of imide groups is 1. The number of amides is 5. The van der Waals surface area contributed by atoms with Crippen molar-refractivity contribution in [1.29, 1.82) is 0 Å². The zero-order valence-corrected chi connectivity index (χ0v) is 18.3. The van der Waals surface area contributed by atoms with Gasteiger partial charge in [-0.15, -0.1) is 0 Å². The number of nitrogens with one attached hydrogen (secondary N) is 3. The molecule has 5 amide bonds. The predicted octanol–water partition coefficient (Wildman–Crippen LogP) is 2.27. The Hall–Kier alpha value is -3.75. The van der Waals surface area contributed by atoms with Crippen LogP contribution in [0.2, 0.25) is 0 Å². The molecule has 1 heterocycles. The van der Waals surface area contributed by atoms with Gasteiger partial charge in [0, 0.05) is 11.3 Å². The summed E-state index contributed by atoms with van der Waals surface area (Å²) in [6.07, 6.45) is 0. The third-order valence-corrected chi connectivity index (χ3v) is 5.38. The van der Waals surface area contributed by atoms with Crippen molar-refractivity contribution in [3.8, 4) is 0 Å². The van der Waals surface area contributed by atoms with E-state index in [0.717, 1.165) is 16.7 Å². The van der Waals surface area contributed by atoms with E-state index in [1.54, 1.807) is 6.07 Å². The topological polar surface area (TPSA) is 108 Å². The number of urea groups is 1. The van der Waals surface area contributed by atoms with Gasteiger partial charge in [-0.2, -0.15) is 0 Å². The molecule has 0 aromatic heterocycles. The van der Waals surface area contributed by atoms with E-state index in [-0.39, 0.29) is 12.1 Å². The largest absolute Gasteiger partial charge is 0.345 e. The highest BCUT2D eigenvalue weighted by Crippen LogP contribution is 2.30. The highest BCUT2D eigenvalue weighted by Gasteiger charge is 2.50. The Balaban J connectivity index is 1.60. The Kier molecular flexibility index (Phi) is 6.29. The molecule has 1 atom stereocenters. The zero-order valence-electron chi connectivity index (χ0n) is 18.3. The second-order valence-electron chi connectivity index (χ2n) is 8.02. The van der Waals surface area contributed by atoms with Crippen molar-refractivity contribution >= 4 is 29.4 Å². The summed E-state index contributed by atoms with van der Waals surface area (Å²) in [5, 5.41) is 7.60. The van der Waals surface area contributed by atoms with Crippen molar-refractivity contribution in [1.82, 2.24) is 15.5 Å². The number of carbonyl (C=O) groups is 4. The van der Waals surface area contributed by atoms with E-state index in [1.807, 2.05) is 32.9 Å². The minimum Gasteiger partial charge on any atom is -0.345 e. The summed E-state index contributed by atoms with van der Waals surface area (Å²) in [6, 6.07) is 8.67. The van der Waals surface area contributed by atoms with Crippen LogP contribution in [-0.2, 0) is 19.9 Å². The molecule has 3 N–H and O–H groups in total. The first-order valence-corrected chi connectivity index (χ1v) is 10.1. The van der Waals surface area contributed by atoms with Gasteiger partial charge in [0.25, 0.3) is 5.91 Å². The van der Waals surface area contributed by atoms with Crippen molar-refractivity contribution in [2.45, 2.75) is 33.2 Å². The van der Waals surface area contributed by atoms with Gasteiger partial charge in [0.2, 0.25) is 11.8 Å². The molecule has 1 aliphatic heterocycles. The molecule has 9 heteroatoms. The summed E-state index contributed by atoms with van der Waals surface area (Å²) in [5.41, 5.74) is 1.92. The molecule has 0 spiro atoms. The zero-order chi connectivity index (χ0) is 23.6. The lowest BCUT2D eigenvalue weighted by atomic mass is 9.91. The number of hydrogen-bond acceptors (Lipinski definition) is 4. The van der Waals surface area contributed by atoms with Gasteiger partial charge in [-0.3, -0.25) is 19.3 Å². The first-order valence-electron chi connectivity index (χ1n) is 10.1. The van der Waals surface area contributed by atoms with E-state index in [2.05, 4.69) is 16.0 Å². The van der Waals surface area contributed by atoms with Crippen molar-refractivity contribution in [2.75, 3.05) is 18.4 Å². The Bertz CT molecular complexity index is 1090. The molecule has 0 bridgehead atoms. The van der Waals surface area contributed by atoms with Gasteiger partial charge in [-0.25, -0.2) is 9.18 Å². The van der Waals surface area contributed by atoms with Gasteiger partial charge in [0.05, 0.1) is 6.54 Å². The van der Waals surface area contributed by atoms with Crippen LogP contribution in [0, 0.1) is 26.6 Å². The van der Waals surface area contributed by atoms with Crippen LogP contribution in [0.15, 0.2) is 36.4 Å². The molecule has 168 valence electrons. The maximum atomic E-state index is 14.2. The minimum absolute atomic E-state index is 0.00414. The third kappa shape index (κ3) is 4.46. The van der Waals surface area contributed by atoms with Gasteiger partial charge in [0.1, 0.15) is 17.9 Å². The quantitative estimate of drug-likeness (QED) is 0.599. The Morgan fingerprint density at radius 2 is 1.69 bits per heavy atom. The number of halogens is 1. The average molecular weight is 440 g/mol. The second-order valence-corrected chi connectivity index (χ2v) is 8.02. The number of hydrogen-bond donors (Lipinski definition) is 3. The summed E-state index contributed by atoms with van der Waals surface area (Å²) in [5.74, 6) is -2.54. The fourth-order valence-electron chi connectivity index (χ4n) is 3.83. The van der Waals surface area contributed by atoms with Crippen LogP contribution in [0.5, 0.6) is 0 Å². The molecule has 8 nitrogen and oxygen atoms in total. The monoisotopic (exact) mass is 440 g/mol. The molecule has 32 heavy (non-hydrogen) atoms. The SMILES string of the molecule is Cc1cc(C)c(NC(=O)CNC(=O)CN2C(=O)NC(C)(c3ccccc3F)C2=O)c(C)c1. The maximum absolute atomic E-state index is 14.2. The summed E-state index contributed by atoms with van der Waals surface area (Å²) >= 11 is 0. The Morgan fingerprint density at radius 1 is 1.06 bits per heavy atom. The average Bonchev–Trinajstić information content (AvgIpc) is 2.93. The summed E-state index contributed by atoms with van der Waals surface area (Å²) in [6.45, 7) is 6.16. The molecular weight excluding hydrogens is 415 g/mol. The first kappa shape index (κ1) is 22.9. The summed E-state index contributed by atoms with van der Waals surface area (Å²) in [4.78, 5) is 50.4. The van der Waals surface area contributed by atoms with Crippen molar-refractivity contribution in [3.05, 3.63) is 64.5 Å². The smallest absolute Gasteiger partial charge is 0.325 e. The molecule has 0 saturated carbocycles. The van der Waals surface area contributed by atoms with E-state index in [0.29, 0.717) is 10.6 Å². The van der Waals surface area contributed by atoms with Crippen LogP contribution in [0.4, 0.5) is 14.9 Å². The molecule has 3 rings (SSSR count). The van der Waals surface area contributed by atoms with E-state index in [9.17, 15) is 23.6 Å². The highest BCUT2D eigenvalue weighted by molar-refractivity contribution is 6.09. The molecule has 2 aromatic rings. The standard InChI is InChI=1S/C23H25FN4O4/c1-13-9-14(2)20(15(3)10-13)26-18(29)11-25-19(30)12-28-21(31)23(4,27-22(28)32)16-7-5-6-8-17(16)24/h5-10H,11-12H2,1-4H3,(H,25,30)(H,26,29)(H,27,32). The molecule has 1 aliphatic rings. The van der Waals surface area contributed by atoms with E-state index < -0.39 is 41.7 Å². The lowest BCUT2D eigenvalue weighted by molar-refractivity contribution is -0.135. The number of anilines is 1. The predicted molar refractivity (Wildman–Crippen MR) is 116 cm³/mol. The Labute approximate surface area is 185 Å². The van der Waals surface area contributed by atoms with Gasteiger partial charge >= 0.3 is 6.03 Å². The van der Waals surface area contributed by atoms with Gasteiger partial charge in [-0.1, -0.05) is 35.9 Å². The van der Waals surface area contributed by atoms with Crippen LogP contribution in [0.25, 0.3) is 0 Å². The van der Waals surface area contributed by atoms with Crippen LogP contribution in [0.3, 0.4) is 0 Å². The summed E-state index contributed by atoms with van der Waals surface area (Å²) in [7, 11) is 0. The van der Waals surface area contributed by atoms with Gasteiger partial charge in [-0.05, 0) is 44.9 Å². The lowest BCUT2D eigenvalue weighted by Crippen LogP contribution is -2.44. The van der Waals surface area contributed by atoms with Crippen molar-refractivity contribution < 1.29 is 23.6 Å². The molecule has 0 aliphatic carbocycles. The number of aryl methyl sites for hydroxylation is 3. The molecule has 1 unspecified atom stereocenters. The maximum Gasteiger partial charge on any atom is 0.325 e. The van der Waals surface area contributed by atoms with E-state index >= 15 is 0 Å². The van der Waals surface area contributed by atoms with Crippen LogP contribution in [-0.4, -0.2) is 41.7 Å². The Morgan fingerprint density at radius 3 is 2.31 bits per heavy atom.